The zero-order valence-corrected chi connectivity index (χ0v) is 11.3. The molecule has 0 radical (unpaired) electrons. The zero-order valence-electron chi connectivity index (χ0n) is 8.89. The molecule has 1 aromatic heterocycles. The minimum atomic E-state index is -3.33. The number of aromatic nitrogens is 2. The molecule has 16 heavy (non-hydrogen) atoms. The van der Waals surface area contributed by atoms with E-state index in [2.05, 4.69) is 9.36 Å². The van der Waals surface area contributed by atoms with Crippen LogP contribution in [0.3, 0.4) is 0 Å². The molecule has 0 bridgehead atoms. The first kappa shape index (κ1) is 12.3. The molecule has 1 atom stereocenters. The van der Waals surface area contributed by atoms with Gasteiger partial charge in [-0.15, -0.1) is 11.6 Å². The van der Waals surface area contributed by atoms with E-state index < -0.39 is 15.1 Å². The highest BCUT2D eigenvalue weighted by atomic mass is 35.5. The Labute approximate surface area is 104 Å². The van der Waals surface area contributed by atoms with E-state index in [0.717, 1.165) is 24.4 Å². The number of halogens is 1. The Balaban J connectivity index is 2.20. The molecule has 90 valence electrons. The molecule has 0 spiro atoms. The van der Waals surface area contributed by atoms with Crippen LogP contribution in [0.5, 0.6) is 0 Å². The van der Waals surface area contributed by atoms with Crippen LogP contribution in [0, 0.1) is 0 Å². The van der Waals surface area contributed by atoms with Gasteiger partial charge in [-0.25, -0.2) is 13.4 Å². The summed E-state index contributed by atoms with van der Waals surface area (Å²) in [6.07, 6.45) is 2.60. The number of hydrogen-bond acceptors (Lipinski definition) is 5. The monoisotopic (exact) mass is 280 g/mol. The third kappa shape index (κ3) is 2.38. The molecule has 0 saturated heterocycles. The van der Waals surface area contributed by atoms with Gasteiger partial charge in [0.25, 0.3) is 0 Å². The highest BCUT2D eigenvalue weighted by Gasteiger charge is 2.32. The highest BCUT2D eigenvalue weighted by molar-refractivity contribution is 7.93. The van der Waals surface area contributed by atoms with Crippen LogP contribution in [-0.2, 0) is 9.84 Å². The van der Waals surface area contributed by atoms with Crippen molar-refractivity contribution >= 4 is 33.0 Å². The number of hydrogen-bond donors (Lipinski definition) is 0. The number of nitrogens with zero attached hydrogens (tertiary/aromatic N) is 2. The van der Waals surface area contributed by atoms with Crippen LogP contribution in [0.2, 0.25) is 0 Å². The van der Waals surface area contributed by atoms with Crippen LogP contribution in [0.1, 0.15) is 37.9 Å². The molecule has 0 aliphatic heterocycles. The fraction of sp³-hybridized carbons (Fsp3) is 0.778. The van der Waals surface area contributed by atoms with E-state index in [4.69, 9.17) is 11.6 Å². The fourth-order valence-electron chi connectivity index (χ4n) is 1.32. The van der Waals surface area contributed by atoms with Crippen LogP contribution < -0.4 is 0 Å². The van der Waals surface area contributed by atoms with E-state index in [1.807, 2.05) is 0 Å². The van der Waals surface area contributed by atoms with Gasteiger partial charge in [0.1, 0.15) is 5.82 Å². The summed E-state index contributed by atoms with van der Waals surface area (Å²) in [6.45, 7) is 1.66. The normalized spacial score (nSPS) is 18.6. The summed E-state index contributed by atoms with van der Waals surface area (Å²) >= 11 is 6.55. The van der Waals surface area contributed by atoms with Crippen molar-refractivity contribution in [1.82, 2.24) is 9.36 Å². The summed E-state index contributed by atoms with van der Waals surface area (Å²) in [5.74, 6) is 1.43. The lowest BCUT2D eigenvalue weighted by Gasteiger charge is -2.07. The van der Waals surface area contributed by atoms with Gasteiger partial charge < -0.3 is 0 Å². The second-order valence-corrected chi connectivity index (χ2v) is 7.70. The first-order chi connectivity index (χ1) is 7.55. The van der Waals surface area contributed by atoms with Gasteiger partial charge >= 0.3 is 0 Å². The van der Waals surface area contributed by atoms with Crippen molar-refractivity contribution in [2.24, 2.45) is 0 Å². The maximum atomic E-state index is 12.0. The third-order valence-electron chi connectivity index (χ3n) is 2.65. The van der Waals surface area contributed by atoms with Gasteiger partial charge in [0.15, 0.2) is 0 Å². The smallest absolute Gasteiger partial charge is 0.221 e. The molecule has 1 fully saturated rings. The van der Waals surface area contributed by atoms with Gasteiger partial charge in [0, 0.05) is 11.8 Å². The highest BCUT2D eigenvalue weighted by Crippen LogP contribution is 2.39. The minimum Gasteiger partial charge on any atom is -0.221 e. The average molecular weight is 281 g/mol. The van der Waals surface area contributed by atoms with Gasteiger partial charge in [0.05, 0.1) is 5.25 Å². The molecule has 0 aromatic carbocycles. The van der Waals surface area contributed by atoms with Crippen molar-refractivity contribution in [3.05, 3.63) is 5.82 Å². The largest absolute Gasteiger partial charge is 0.229 e. The maximum Gasteiger partial charge on any atom is 0.229 e. The second-order valence-electron chi connectivity index (χ2n) is 4.03. The summed E-state index contributed by atoms with van der Waals surface area (Å²) in [5, 5.41) is -0.481. The van der Waals surface area contributed by atoms with Crippen molar-refractivity contribution < 1.29 is 8.42 Å². The summed E-state index contributed by atoms with van der Waals surface area (Å²) in [5.41, 5.74) is 0. The van der Waals surface area contributed by atoms with Gasteiger partial charge in [-0.1, -0.05) is 0 Å². The van der Waals surface area contributed by atoms with Crippen molar-refractivity contribution in [3.8, 4) is 0 Å². The van der Waals surface area contributed by atoms with E-state index >= 15 is 0 Å². The molecule has 2 rings (SSSR count). The molecule has 1 aromatic rings. The lowest BCUT2D eigenvalue weighted by molar-refractivity contribution is 0.580. The Hall–Kier alpha value is -0.200. The number of alkyl halides is 1. The average Bonchev–Trinajstić information content (AvgIpc) is 2.96. The lowest BCUT2D eigenvalue weighted by Crippen LogP contribution is -2.18. The van der Waals surface area contributed by atoms with Crippen LogP contribution in [0.4, 0.5) is 0 Å². The molecule has 0 amide bonds. The molecular weight excluding hydrogens is 268 g/mol. The second kappa shape index (κ2) is 4.58. The third-order valence-corrected chi connectivity index (χ3v) is 6.19. The van der Waals surface area contributed by atoms with Crippen molar-refractivity contribution in [1.29, 1.82) is 0 Å². The van der Waals surface area contributed by atoms with Crippen molar-refractivity contribution in [3.63, 3.8) is 0 Å². The van der Waals surface area contributed by atoms with E-state index in [1.165, 1.54) is 0 Å². The summed E-state index contributed by atoms with van der Waals surface area (Å²) in [6, 6.07) is 0. The standard InChI is InChI=1S/C9H13ClN2O2S2/c1-6(4-5-10)16(13,14)9-11-8(12-15-9)7-2-3-7/h6-7H,2-5H2,1H3. The summed E-state index contributed by atoms with van der Waals surface area (Å²) < 4.78 is 28.3. The van der Waals surface area contributed by atoms with Gasteiger partial charge in [0.2, 0.25) is 14.2 Å². The Morgan fingerprint density at radius 1 is 1.56 bits per heavy atom. The van der Waals surface area contributed by atoms with Crippen LogP contribution in [0.25, 0.3) is 0 Å². The molecule has 0 N–H and O–H groups in total. The first-order valence-electron chi connectivity index (χ1n) is 5.19. The Morgan fingerprint density at radius 3 is 2.81 bits per heavy atom. The molecule has 1 unspecified atom stereocenters. The summed E-state index contributed by atoms with van der Waals surface area (Å²) in [4.78, 5) is 4.12. The van der Waals surface area contributed by atoms with Gasteiger partial charge in [-0.3, -0.25) is 0 Å². The maximum absolute atomic E-state index is 12.0. The SMILES string of the molecule is CC(CCCl)S(=O)(=O)c1nc(C2CC2)ns1. The van der Waals surface area contributed by atoms with E-state index in [9.17, 15) is 8.42 Å². The Kier molecular flexibility index (Phi) is 3.51. The molecule has 7 heteroatoms. The fourth-order valence-corrected chi connectivity index (χ4v) is 4.29. The predicted molar refractivity (Wildman–Crippen MR) is 63.9 cm³/mol. The minimum absolute atomic E-state index is 0.145. The molecular formula is C9H13ClN2O2S2. The number of rotatable bonds is 5. The summed E-state index contributed by atoms with van der Waals surface area (Å²) in [7, 11) is -3.33. The number of sulfone groups is 1. The van der Waals surface area contributed by atoms with Crippen molar-refractivity contribution in [2.75, 3.05) is 5.88 Å². The van der Waals surface area contributed by atoms with E-state index in [1.54, 1.807) is 6.92 Å². The molecule has 4 nitrogen and oxygen atoms in total. The lowest BCUT2D eigenvalue weighted by atomic mass is 10.4. The van der Waals surface area contributed by atoms with Gasteiger partial charge in [-0.2, -0.15) is 4.37 Å². The van der Waals surface area contributed by atoms with E-state index in [-0.39, 0.29) is 4.34 Å². The van der Waals surface area contributed by atoms with E-state index in [0.29, 0.717) is 24.0 Å². The zero-order chi connectivity index (χ0) is 11.8. The first-order valence-corrected chi connectivity index (χ1v) is 8.04. The van der Waals surface area contributed by atoms with Crippen molar-refractivity contribution in [2.45, 2.75) is 41.7 Å². The Bertz CT molecular complexity index is 468. The van der Waals surface area contributed by atoms with Crippen LogP contribution >= 0.6 is 23.1 Å². The molecule has 1 aliphatic carbocycles. The topological polar surface area (TPSA) is 59.9 Å². The molecule has 1 heterocycles. The van der Waals surface area contributed by atoms with Crippen LogP contribution in [0.15, 0.2) is 4.34 Å². The molecule has 1 saturated carbocycles. The Morgan fingerprint density at radius 2 is 2.25 bits per heavy atom. The predicted octanol–water partition coefficient (Wildman–Crippen LogP) is 2.21. The quantitative estimate of drug-likeness (QED) is 0.776. The van der Waals surface area contributed by atoms with Crippen LogP contribution in [-0.4, -0.2) is 28.9 Å². The van der Waals surface area contributed by atoms with Gasteiger partial charge in [-0.05, 0) is 37.7 Å². The molecule has 1 aliphatic rings.